The molecular formula is C61H77F6N8NaO13S3. The topological polar surface area (TPSA) is 344 Å². The molecule has 2 aromatic heterocycles. The fraction of sp³-hybridized carbons (Fsp3) is 0.541. The Labute approximate surface area is 560 Å². The number of benzene rings is 1. The number of ether oxygens (including phenoxy) is 2. The Morgan fingerprint density at radius 3 is 1.47 bits per heavy atom. The number of Topliss-reactive ketones (excluding diaryl/α,β-unsaturated/α-hetero) is 2. The molecule has 0 fully saturated rings. The van der Waals surface area contributed by atoms with Crippen LogP contribution in [0.15, 0.2) is 104 Å². The predicted molar refractivity (Wildman–Crippen MR) is 330 cm³/mol. The van der Waals surface area contributed by atoms with Crippen LogP contribution >= 0.6 is 22.7 Å². The molecule has 4 heterocycles. The van der Waals surface area contributed by atoms with Gasteiger partial charge in [0.25, 0.3) is 10.1 Å². The van der Waals surface area contributed by atoms with Crippen LogP contribution in [0.4, 0.5) is 26.3 Å². The molecule has 21 nitrogen and oxygen atoms in total. The van der Waals surface area contributed by atoms with Crippen molar-refractivity contribution in [1.82, 2.24) is 9.97 Å². The van der Waals surface area contributed by atoms with Crippen LogP contribution in [0.3, 0.4) is 0 Å². The first-order chi connectivity index (χ1) is 42.2. The van der Waals surface area contributed by atoms with Crippen LogP contribution in [0.25, 0.3) is 38.6 Å². The van der Waals surface area contributed by atoms with Crippen molar-refractivity contribution in [1.29, 1.82) is 0 Å². The molecule has 0 saturated carbocycles. The molecule has 0 spiro atoms. The zero-order valence-corrected chi connectivity index (χ0v) is 57.5. The first kappa shape index (κ1) is 82.2. The van der Waals surface area contributed by atoms with E-state index in [1.54, 1.807) is 56.7 Å². The molecule has 0 aliphatic carbocycles. The van der Waals surface area contributed by atoms with Crippen LogP contribution in [0.2, 0.25) is 0 Å². The van der Waals surface area contributed by atoms with Crippen LogP contribution in [-0.2, 0) is 56.1 Å². The monoisotopic (exact) mass is 1360 g/mol. The quantitative estimate of drug-likeness (QED) is 0.0214. The second-order valence-electron chi connectivity index (χ2n) is 23.2. The summed E-state index contributed by atoms with van der Waals surface area (Å²) in [6, 6.07) is 6.14. The van der Waals surface area contributed by atoms with Crippen molar-refractivity contribution in [3.05, 3.63) is 147 Å². The van der Waals surface area contributed by atoms with Crippen molar-refractivity contribution in [2.45, 2.75) is 182 Å². The third kappa shape index (κ3) is 25.1. The molecule has 4 N–H and O–H groups in total. The van der Waals surface area contributed by atoms with Crippen LogP contribution < -0.4 is 29.6 Å². The van der Waals surface area contributed by atoms with Gasteiger partial charge < -0.3 is 41.0 Å². The van der Waals surface area contributed by atoms with Gasteiger partial charge in [-0.15, -0.1) is 22.7 Å². The van der Waals surface area contributed by atoms with E-state index in [4.69, 9.17) is 30.3 Å². The molecule has 1 aromatic carbocycles. The molecule has 500 valence electrons. The summed E-state index contributed by atoms with van der Waals surface area (Å²) in [6.45, 7) is 16.6. The zero-order chi connectivity index (χ0) is 69.0. The SMILES string of the molecule is C/C(=C\c1csc(CN=[N+]=[N-])n1)C1C/C=C(/C(F)(F)F)C/C=C/[C@H](C)[C@H](O)[C@@H](C)C(=O)C(C)(C)[C@@H](O)CC(=O)O1.C/C(=C\c1csc(COS(=O)(=O)c2ccc(C)cc2)n1)C1C/C=C(/C(F)(F)F)C/C=C/[C@H](C)[C@H](O)[C@@H](C)C(=O)C(C)(C)[C@@H](O)CC(=O)O1.[N-]=[N+]=[N-].[Na+]. The number of hydrogen-bond acceptors (Lipinski definition) is 18. The number of halogens is 6. The number of nitrogens with zero attached hydrogens (tertiary/aromatic N) is 8. The Balaban J connectivity index is 0.000000604. The summed E-state index contributed by atoms with van der Waals surface area (Å²) >= 11 is 2.33. The fourth-order valence-electron chi connectivity index (χ4n) is 9.36. The number of aromatic nitrogens is 2. The van der Waals surface area contributed by atoms with Crippen molar-refractivity contribution < 1.29 is 118 Å². The van der Waals surface area contributed by atoms with Gasteiger partial charge in [-0.2, -0.15) is 34.8 Å². The van der Waals surface area contributed by atoms with Gasteiger partial charge in [-0.1, -0.05) is 115 Å². The number of allylic oxidation sites excluding steroid dienone is 4. The van der Waals surface area contributed by atoms with E-state index >= 15 is 0 Å². The predicted octanol–water partition coefficient (Wildman–Crippen LogP) is 10.4. The van der Waals surface area contributed by atoms with E-state index in [1.807, 2.05) is 6.92 Å². The van der Waals surface area contributed by atoms with E-state index in [2.05, 4.69) is 20.0 Å². The molecule has 2 aliphatic heterocycles. The van der Waals surface area contributed by atoms with Gasteiger partial charge in [-0.3, -0.25) is 28.3 Å². The molecule has 3 aromatic rings. The number of azide groups is 1. The van der Waals surface area contributed by atoms with Gasteiger partial charge in [-0.25, -0.2) is 9.97 Å². The summed E-state index contributed by atoms with van der Waals surface area (Å²) < 4.78 is 125. The van der Waals surface area contributed by atoms with Gasteiger partial charge in [0.05, 0.1) is 75.9 Å². The summed E-state index contributed by atoms with van der Waals surface area (Å²) in [5.74, 6) is -6.08. The largest absolute Gasteiger partial charge is 1.00 e. The molecule has 5 rings (SSSR count). The average molecular weight is 1360 g/mol. The van der Waals surface area contributed by atoms with Crippen molar-refractivity contribution in [2.24, 2.45) is 39.6 Å². The molecule has 0 bridgehead atoms. The van der Waals surface area contributed by atoms with E-state index in [0.29, 0.717) is 32.5 Å². The first-order valence-electron chi connectivity index (χ1n) is 28.5. The Bertz CT molecular complexity index is 3390. The first-order valence-corrected chi connectivity index (χ1v) is 31.6. The molecule has 31 heteroatoms. The molecule has 92 heavy (non-hydrogen) atoms. The zero-order valence-electron chi connectivity index (χ0n) is 53.0. The maximum Gasteiger partial charge on any atom is 1.00 e. The minimum atomic E-state index is -4.70. The van der Waals surface area contributed by atoms with Crippen molar-refractivity contribution in [2.75, 3.05) is 0 Å². The van der Waals surface area contributed by atoms with Crippen LogP contribution in [0.5, 0.6) is 0 Å². The smallest absolute Gasteiger partial charge is 0.457 e. The standard InChI is InChI=1S/C34H42F3NO8S2.C27H35F3N4O5S.N3.Na/c1-20-10-13-26(14-11-20)48(43,44)45-18-29-38-25(19-47-29)16-22(3)27-15-12-24(34(35,36)37)9-7-8-21(2)31(41)23(4)32(42)33(5,6)28(39)17-30(40)46-27;1-15-7-6-8-18(27(28,29)30)9-10-20(16(2)11-19-14-40-22(33-19)13-32-34-31)39-23(36)12-21(35)26(4,5)25(38)17(3)24(15)37;1-3-2;/h7-8,10-14,16,19,21,23,27-28,31,39,41H,9,15,17-18H2,1-6H3;6-7,9,11,14-15,17,20-21,24,35,37H,8,10,12-13H2,1-5H3;;/q;;-1;+1/b8-7+,22-16+,24-12+;7-6+,16-11+,18-9+;;/t21-,23+,27?,28-,31-;15-,17+,20?,21-,24-;;/m00../s1. The number of cyclic esters (lactones) is 2. The Morgan fingerprint density at radius 2 is 1.09 bits per heavy atom. The number of rotatable bonds is 10. The summed E-state index contributed by atoms with van der Waals surface area (Å²) in [7, 11) is -4.05. The van der Waals surface area contributed by atoms with Gasteiger partial charge in [0.1, 0.15) is 35.4 Å². The van der Waals surface area contributed by atoms with Crippen LogP contribution in [0, 0.1) is 41.4 Å². The van der Waals surface area contributed by atoms with E-state index in [1.165, 1.54) is 100 Å². The number of carbonyl (C=O) groups is 4. The number of hydrogen-bond donors (Lipinski definition) is 4. The molecule has 2 aliphatic rings. The summed E-state index contributed by atoms with van der Waals surface area (Å²) in [6.07, 6.45) is -9.55. The average Bonchev–Trinajstić information content (AvgIpc) is 1.11. The summed E-state index contributed by atoms with van der Waals surface area (Å²) in [5.41, 5.74) is 19.8. The number of thiazole rings is 2. The molecule has 0 saturated heterocycles. The van der Waals surface area contributed by atoms with E-state index in [0.717, 1.165) is 29.1 Å². The van der Waals surface area contributed by atoms with Gasteiger partial charge in [0, 0.05) is 63.3 Å². The van der Waals surface area contributed by atoms with Gasteiger partial charge in [0.15, 0.2) is 0 Å². The second-order valence-corrected chi connectivity index (χ2v) is 26.7. The maximum absolute atomic E-state index is 14.0. The Hall–Kier alpha value is -5.85. The second kappa shape index (κ2) is 36.7. The van der Waals surface area contributed by atoms with Crippen LogP contribution in [-0.4, -0.2) is 111 Å². The third-order valence-electron chi connectivity index (χ3n) is 15.4. The number of aliphatic hydroxyl groups is 4. The third-order valence-corrected chi connectivity index (χ3v) is 18.4. The normalized spacial score (nSPS) is 27.1. The minimum absolute atomic E-state index is 0. The minimum Gasteiger partial charge on any atom is -0.457 e. The molecule has 2 unspecified atom stereocenters. The molecule has 10 atom stereocenters. The molecule has 0 radical (unpaired) electrons. The van der Waals surface area contributed by atoms with E-state index in [-0.39, 0.29) is 60.4 Å². The van der Waals surface area contributed by atoms with Crippen LogP contribution in [0.1, 0.15) is 135 Å². The molecule has 0 amide bonds. The number of aliphatic hydroxyl groups excluding tert-OH is 4. The number of aryl methyl sites for hydroxylation is 1. The Morgan fingerprint density at radius 1 is 0.707 bits per heavy atom. The van der Waals surface area contributed by atoms with Crippen molar-refractivity contribution in [3.8, 4) is 0 Å². The summed E-state index contributed by atoms with van der Waals surface area (Å²) in [4.78, 5) is 65.1. The maximum atomic E-state index is 14.0. The van der Waals surface area contributed by atoms with E-state index < -0.39 is 154 Å². The van der Waals surface area contributed by atoms with Crippen molar-refractivity contribution >= 4 is 68.4 Å². The van der Waals surface area contributed by atoms with E-state index in [9.17, 15) is 74.4 Å². The van der Waals surface area contributed by atoms with Crippen molar-refractivity contribution in [3.63, 3.8) is 0 Å². The number of esters is 2. The van der Waals surface area contributed by atoms with Gasteiger partial charge in [-0.05, 0) is 74.6 Å². The molecular weight excluding hydrogens is 1290 g/mol. The number of alkyl halides is 6. The Kier molecular flexibility index (Phi) is 32.8. The number of ketones is 2. The number of carbonyl (C=O) groups excluding carboxylic acids is 4. The van der Waals surface area contributed by atoms with Gasteiger partial charge in [0.2, 0.25) is 0 Å². The van der Waals surface area contributed by atoms with Gasteiger partial charge >= 0.3 is 53.8 Å². The summed E-state index contributed by atoms with van der Waals surface area (Å²) in [5, 5.41) is 50.7. The fourth-order valence-corrected chi connectivity index (χ4v) is 11.6.